The second kappa shape index (κ2) is 8.70. The Balaban J connectivity index is 1.85. The second-order valence-corrected chi connectivity index (χ2v) is 7.49. The molecule has 142 valence electrons. The van der Waals surface area contributed by atoms with E-state index in [9.17, 15) is 0 Å². The predicted octanol–water partition coefficient (Wildman–Crippen LogP) is 7.38. The molecule has 0 heterocycles. The van der Waals surface area contributed by atoms with E-state index < -0.39 is 0 Å². The first-order valence-electron chi connectivity index (χ1n) is 10.0. The highest BCUT2D eigenvalue weighted by molar-refractivity contribution is 6.13. The van der Waals surface area contributed by atoms with Gasteiger partial charge in [0.05, 0.1) is 11.8 Å². The lowest BCUT2D eigenvalue weighted by Gasteiger charge is -2.17. The third-order valence-corrected chi connectivity index (χ3v) is 5.08. The van der Waals surface area contributed by atoms with Crippen molar-refractivity contribution in [2.45, 2.75) is 19.4 Å². The van der Waals surface area contributed by atoms with Crippen LogP contribution in [0.15, 0.2) is 120 Å². The van der Waals surface area contributed by atoms with Gasteiger partial charge in [0.15, 0.2) is 0 Å². The van der Waals surface area contributed by atoms with Crippen LogP contribution in [0, 0.1) is 0 Å². The third kappa shape index (κ3) is 4.52. The lowest BCUT2D eigenvalue weighted by atomic mass is 9.96. The number of aliphatic imine (C=N–C) groups is 1. The topological polar surface area (TPSA) is 12.4 Å². The van der Waals surface area contributed by atoms with E-state index >= 15 is 0 Å². The quantitative estimate of drug-likeness (QED) is 0.246. The molecule has 1 nitrogen and oxygen atoms in total. The average Bonchev–Trinajstić information content (AvgIpc) is 2.77. The minimum atomic E-state index is 0.0209. The summed E-state index contributed by atoms with van der Waals surface area (Å²) < 4.78 is 0. The molecule has 0 fully saturated rings. The van der Waals surface area contributed by atoms with E-state index in [-0.39, 0.29) is 6.04 Å². The number of hydrogen-bond donors (Lipinski definition) is 0. The average molecular weight is 376 g/mol. The van der Waals surface area contributed by atoms with Gasteiger partial charge in [0.25, 0.3) is 0 Å². The summed E-state index contributed by atoms with van der Waals surface area (Å²) in [6.45, 7) is 6.24. The van der Waals surface area contributed by atoms with Crippen molar-refractivity contribution in [2.75, 3.05) is 0 Å². The Morgan fingerprint density at radius 2 is 1.28 bits per heavy atom. The van der Waals surface area contributed by atoms with E-state index in [4.69, 9.17) is 4.99 Å². The van der Waals surface area contributed by atoms with Crippen LogP contribution in [-0.4, -0.2) is 5.71 Å². The smallest absolute Gasteiger partial charge is 0.0793 e. The van der Waals surface area contributed by atoms with Crippen LogP contribution in [0.4, 0.5) is 0 Å². The van der Waals surface area contributed by atoms with E-state index in [1.165, 1.54) is 16.3 Å². The maximum absolute atomic E-state index is 5.29. The van der Waals surface area contributed by atoms with Gasteiger partial charge in [-0.3, -0.25) is 4.99 Å². The van der Waals surface area contributed by atoms with Crippen molar-refractivity contribution >= 4 is 16.5 Å². The van der Waals surface area contributed by atoms with Gasteiger partial charge in [0.1, 0.15) is 0 Å². The van der Waals surface area contributed by atoms with Gasteiger partial charge in [0.2, 0.25) is 0 Å². The molecule has 0 saturated carbocycles. The van der Waals surface area contributed by atoms with Crippen molar-refractivity contribution in [2.24, 2.45) is 4.99 Å². The Bertz CT molecular complexity index is 1100. The molecule has 1 unspecified atom stereocenters. The number of nitrogens with zero attached hydrogens (tertiary/aromatic N) is 1. The Kier molecular flexibility index (Phi) is 5.67. The zero-order valence-electron chi connectivity index (χ0n) is 16.8. The summed E-state index contributed by atoms with van der Waals surface area (Å²) in [5.74, 6) is 0. The molecule has 29 heavy (non-hydrogen) atoms. The van der Waals surface area contributed by atoms with Gasteiger partial charge < -0.3 is 0 Å². The van der Waals surface area contributed by atoms with Crippen LogP contribution in [0.1, 0.15) is 36.1 Å². The summed E-state index contributed by atoms with van der Waals surface area (Å²) in [5, 5.41) is 2.49. The number of rotatable bonds is 6. The molecule has 0 N–H and O–H groups in total. The normalized spacial score (nSPS) is 11.8. The summed E-state index contributed by atoms with van der Waals surface area (Å²) in [4.78, 5) is 5.29. The van der Waals surface area contributed by atoms with Crippen LogP contribution in [-0.2, 0) is 0 Å². The van der Waals surface area contributed by atoms with Crippen LogP contribution >= 0.6 is 0 Å². The van der Waals surface area contributed by atoms with Crippen molar-refractivity contribution < 1.29 is 0 Å². The first-order chi connectivity index (χ1) is 14.2. The molecule has 0 radical (unpaired) electrons. The zero-order valence-corrected chi connectivity index (χ0v) is 16.8. The molecule has 0 spiro atoms. The summed E-state index contributed by atoms with van der Waals surface area (Å²) in [6.07, 6.45) is 0.821. The summed E-state index contributed by atoms with van der Waals surface area (Å²) in [6, 6.07) is 36.0. The maximum atomic E-state index is 5.29. The van der Waals surface area contributed by atoms with Crippen LogP contribution in [0.3, 0.4) is 0 Å². The Hall–Kier alpha value is -3.45. The molecule has 1 heteroatoms. The Labute approximate surface area is 173 Å². The second-order valence-electron chi connectivity index (χ2n) is 7.49. The van der Waals surface area contributed by atoms with E-state index in [2.05, 4.69) is 104 Å². The van der Waals surface area contributed by atoms with Crippen molar-refractivity contribution in [3.8, 4) is 0 Å². The van der Waals surface area contributed by atoms with Gasteiger partial charge in [-0.2, -0.15) is 0 Å². The zero-order chi connectivity index (χ0) is 20.1. The molecule has 0 saturated heterocycles. The molecule has 0 bridgehead atoms. The van der Waals surface area contributed by atoms with E-state index in [1.807, 2.05) is 12.1 Å². The standard InChI is InChI=1S/C28H25N/c1-21(2)19-27(26-18-17-22-11-9-10-16-25(22)20-26)29-28(23-12-5-3-6-13-23)24-14-7-4-8-15-24/h3-18,20,27H,1,19H2,2H3. The molecular formula is C28H25N. The number of fused-ring (bicyclic) bond motifs is 1. The fourth-order valence-electron chi connectivity index (χ4n) is 3.65. The first kappa shape index (κ1) is 18.9. The molecule has 4 aromatic carbocycles. The lowest BCUT2D eigenvalue weighted by molar-refractivity contribution is 0.721. The molecular weight excluding hydrogens is 350 g/mol. The van der Waals surface area contributed by atoms with Crippen molar-refractivity contribution in [3.05, 3.63) is 132 Å². The highest BCUT2D eigenvalue weighted by Gasteiger charge is 2.15. The fraction of sp³-hybridized carbons (Fsp3) is 0.107. The molecule has 0 aromatic heterocycles. The molecule has 0 amide bonds. The SMILES string of the molecule is C=C(C)CC(N=C(c1ccccc1)c1ccccc1)c1ccc2ccccc2c1. The number of hydrogen-bond acceptors (Lipinski definition) is 1. The molecule has 4 rings (SSSR count). The molecule has 4 aromatic rings. The predicted molar refractivity (Wildman–Crippen MR) is 125 cm³/mol. The molecule has 0 aliphatic carbocycles. The van der Waals surface area contributed by atoms with Gasteiger partial charge in [-0.1, -0.05) is 103 Å². The minimum absolute atomic E-state index is 0.0209. The first-order valence-corrected chi connectivity index (χ1v) is 10.0. The van der Waals surface area contributed by atoms with Gasteiger partial charge in [-0.25, -0.2) is 0 Å². The largest absolute Gasteiger partial charge is 0.276 e. The maximum Gasteiger partial charge on any atom is 0.0793 e. The highest BCUT2D eigenvalue weighted by Crippen LogP contribution is 2.29. The van der Waals surface area contributed by atoms with Gasteiger partial charge in [-0.15, -0.1) is 6.58 Å². The van der Waals surface area contributed by atoms with Crippen LogP contribution < -0.4 is 0 Å². The van der Waals surface area contributed by atoms with Gasteiger partial charge >= 0.3 is 0 Å². The van der Waals surface area contributed by atoms with Crippen LogP contribution in [0.2, 0.25) is 0 Å². The van der Waals surface area contributed by atoms with Gasteiger partial charge in [0, 0.05) is 11.1 Å². The Morgan fingerprint density at radius 3 is 1.86 bits per heavy atom. The van der Waals surface area contributed by atoms with Crippen molar-refractivity contribution in [1.82, 2.24) is 0 Å². The van der Waals surface area contributed by atoms with Gasteiger partial charge in [-0.05, 0) is 35.7 Å². The molecule has 0 aliphatic heterocycles. The van der Waals surface area contributed by atoms with E-state index in [1.54, 1.807) is 0 Å². The van der Waals surface area contributed by atoms with E-state index in [0.29, 0.717) is 0 Å². The monoisotopic (exact) mass is 375 g/mol. The van der Waals surface area contributed by atoms with Crippen LogP contribution in [0.5, 0.6) is 0 Å². The Morgan fingerprint density at radius 1 is 0.724 bits per heavy atom. The highest BCUT2D eigenvalue weighted by atomic mass is 14.8. The van der Waals surface area contributed by atoms with E-state index in [0.717, 1.165) is 28.8 Å². The molecule has 1 atom stereocenters. The summed E-state index contributed by atoms with van der Waals surface area (Å²) in [7, 11) is 0. The fourth-order valence-corrected chi connectivity index (χ4v) is 3.65. The van der Waals surface area contributed by atoms with Crippen LogP contribution in [0.25, 0.3) is 10.8 Å². The number of benzene rings is 4. The van der Waals surface area contributed by atoms with Crippen molar-refractivity contribution in [1.29, 1.82) is 0 Å². The molecule has 0 aliphatic rings. The third-order valence-electron chi connectivity index (χ3n) is 5.08. The lowest BCUT2D eigenvalue weighted by Crippen LogP contribution is -2.07. The van der Waals surface area contributed by atoms with Crippen molar-refractivity contribution in [3.63, 3.8) is 0 Å². The summed E-state index contributed by atoms with van der Waals surface area (Å²) >= 11 is 0. The minimum Gasteiger partial charge on any atom is -0.276 e. The summed E-state index contributed by atoms with van der Waals surface area (Å²) in [5.41, 5.74) is 5.63.